The third-order valence-corrected chi connectivity index (χ3v) is 5.63. The van der Waals surface area contributed by atoms with Crippen LogP contribution in [0.4, 0.5) is 0 Å². The topological polar surface area (TPSA) is 46.5 Å². The Labute approximate surface area is 154 Å². The van der Waals surface area contributed by atoms with E-state index in [1.807, 2.05) is 24.3 Å². The van der Waals surface area contributed by atoms with Crippen molar-refractivity contribution in [3.63, 3.8) is 0 Å². The Morgan fingerprint density at radius 1 is 1.42 bits per heavy atom. The lowest BCUT2D eigenvalue weighted by Crippen LogP contribution is -2.02. The van der Waals surface area contributed by atoms with E-state index >= 15 is 0 Å². The summed E-state index contributed by atoms with van der Waals surface area (Å²) in [6, 6.07) is 9.35. The number of hydrogen-bond acceptors (Lipinski definition) is 2. The minimum Gasteiger partial charge on any atom is -0.496 e. The lowest BCUT2D eigenvalue weighted by atomic mass is 9.98. The highest BCUT2D eigenvalue weighted by atomic mass is 79.9. The molecule has 0 amide bonds. The molecule has 0 aromatic heterocycles. The molecule has 0 saturated carbocycles. The molecule has 5 heteroatoms. The molecule has 1 unspecified atom stereocenters. The number of hydrogen-bond donors (Lipinski definition) is 1. The third-order valence-electron chi connectivity index (χ3n) is 4.32. The highest BCUT2D eigenvalue weighted by Gasteiger charge is 2.27. The minimum atomic E-state index is -0.977. The number of halogens is 2. The Hall–Kier alpha value is -1.78. The van der Waals surface area contributed by atoms with Crippen molar-refractivity contribution in [2.45, 2.75) is 13.3 Å². The Balaban J connectivity index is 2.15. The van der Waals surface area contributed by atoms with Crippen molar-refractivity contribution < 1.29 is 14.6 Å². The highest BCUT2D eigenvalue weighted by molar-refractivity contribution is 9.10. The molecule has 0 radical (unpaired) electrons. The highest BCUT2D eigenvalue weighted by Crippen LogP contribution is 2.42. The number of carboxylic acids is 1. The number of benzene rings is 2. The predicted octanol–water partition coefficient (Wildman–Crippen LogP) is 5.54. The van der Waals surface area contributed by atoms with Gasteiger partial charge in [-0.2, -0.15) is 0 Å². The number of fused-ring (bicyclic) bond motifs is 1. The summed E-state index contributed by atoms with van der Waals surface area (Å²) in [5.41, 5.74) is 4.32. The van der Waals surface area contributed by atoms with Crippen LogP contribution in [0.3, 0.4) is 0 Å². The van der Waals surface area contributed by atoms with Crippen molar-refractivity contribution in [2.75, 3.05) is 7.11 Å². The van der Waals surface area contributed by atoms with E-state index in [1.165, 1.54) is 7.11 Å². The second-order valence-corrected chi connectivity index (χ2v) is 7.09. The lowest BCUT2D eigenvalue weighted by molar-refractivity contribution is 0.0693. The normalized spacial score (nSPS) is 17.8. The summed E-state index contributed by atoms with van der Waals surface area (Å²) < 4.78 is 6.12. The van der Waals surface area contributed by atoms with Gasteiger partial charge in [-0.15, -0.1) is 0 Å². The van der Waals surface area contributed by atoms with Gasteiger partial charge in [0.1, 0.15) is 11.3 Å². The molecule has 0 fully saturated rings. The molecular weight excluding hydrogens is 392 g/mol. The van der Waals surface area contributed by atoms with Gasteiger partial charge < -0.3 is 9.84 Å². The van der Waals surface area contributed by atoms with Gasteiger partial charge in [-0.3, -0.25) is 0 Å². The van der Waals surface area contributed by atoms with E-state index in [4.69, 9.17) is 16.3 Å². The Bertz CT molecular complexity index is 858. The van der Waals surface area contributed by atoms with E-state index in [-0.39, 0.29) is 11.5 Å². The number of ether oxygens (including phenoxy) is 1. The van der Waals surface area contributed by atoms with E-state index in [0.29, 0.717) is 10.8 Å². The van der Waals surface area contributed by atoms with E-state index in [2.05, 4.69) is 28.9 Å². The van der Waals surface area contributed by atoms with Crippen molar-refractivity contribution in [1.29, 1.82) is 0 Å². The standard InChI is InChI=1S/C19H16BrClO3/c1-10-6-12-8-15(19(22)23)17(24-2)9-14(12)13(10)7-11-4-3-5-16(20)18(11)21/h3-5,7-10H,6H2,1-2H3,(H,22,23). The lowest BCUT2D eigenvalue weighted by Gasteiger charge is -2.11. The van der Waals surface area contributed by atoms with Gasteiger partial charge in [0.05, 0.1) is 12.1 Å². The molecule has 0 aliphatic heterocycles. The van der Waals surface area contributed by atoms with Gasteiger partial charge in [0.15, 0.2) is 0 Å². The van der Waals surface area contributed by atoms with E-state index < -0.39 is 5.97 Å². The fraction of sp³-hybridized carbons (Fsp3) is 0.211. The second kappa shape index (κ2) is 6.61. The maximum Gasteiger partial charge on any atom is 0.339 e. The predicted molar refractivity (Wildman–Crippen MR) is 99.8 cm³/mol. The van der Waals surface area contributed by atoms with Gasteiger partial charge in [0.2, 0.25) is 0 Å². The maximum absolute atomic E-state index is 11.4. The van der Waals surface area contributed by atoms with Crippen molar-refractivity contribution in [3.8, 4) is 5.75 Å². The molecule has 1 N–H and O–H groups in total. The summed E-state index contributed by atoms with van der Waals surface area (Å²) in [5.74, 6) is -0.319. The second-order valence-electron chi connectivity index (χ2n) is 5.86. The fourth-order valence-corrected chi connectivity index (χ4v) is 3.69. The van der Waals surface area contributed by atoms with Gasteiger partial charge >= 0.3 is 5.97 Å². The molecule has 0 saturated heterocycles. The van der Waals surface area contributed by atoms with Gasteiger partial charge in [0.25, 0.3) is 0 Å². The molecule has 1 aliphatic carbocycles. The molecule has 0 bridgehead atoms. The zero-order valence-electron chi connectivity index (χ0n) is 13.3. The molecule has 3 nitrogen and oxygen atoms in total. The van der Waals surface area contributed by atoms with E-state index in [9.17, 15) is 9.90 Å². The summed E-state index contributed by atoms with van der Waals surface area (Å²) in [6.07, 6.45) is 2.88. The molecular formula is C19H16BrClO3. The van der Waals surface area contributed by atoms with Crippen molar-refractivity contribution >= 4 is 45.1 Å². The van der Waals surface area contributed by atoms with Crippen molar-refractivity contribution in [3.05, 3.63) is 62.1 Å². The maximum atomic E-state index is 11.4. The van der Waals surface area contributed by atoms with Crippen LogP contribution in [0.1, 0.15) is 34.0 Å². The molecule has 2 aromatic carbocycles. The average molecular weight is 408 g/mol. The smallest absolute Gasteiger partial charge is 0.339 e. The van der Waals surface area contributed by atoms with Gasteiger partial charge in [0, 0.05) is 4.47 Å². The van der Waals surface area contributed by atoms with Crippen LogP contribution in [-0.4, -0.2) is 18.2 Å². The summed E-state index contributed by atoms with van der Waals surface area (Å²) in [7, 11) is 1.49. The SMILES string of the molecule is COc1cc2c(cc1C(=O)O)CC(C)C2=Cc1cccc(Br)c1Cl. The Kier molecular flexibility index (Phi) is 4.70. The van der Waals surface area contributed by atoms with Crippen LogP contribution in [0, 0.1) is 5.92 Å². The quantitative estimate of drug-likeness (QED) is 0.726. The molecule has 2 aromatic rings. The summed E-state index contributed by atoms with van der Waals surface area (Å²) in [5, 5.41) is 10.0. The minimum absolute atomic E-state index is 0.199. The number of methoxy groups -OCH3 is 1. The molecule has 1 atom stereocenters. The monoisotopic (exact) mass is 406 g/mol. The van der Waals surface area contributed by atoms with Gasteiger partial charge in [-0.25, -0.2) is 4.79 Å². The van der Waals surface area contributed by atoms with Gasteiger partial charge in [-0.1, -0.05) is 30.7 Å². The third kappa shape index (κ3) is 2.96. The van der Waals surface area contributed by atoms with Crippen LogP contribution in [0.5, 0.6) is 5.75 Å². The number of allylic oxidation sites excluding steroid dienone is 1. The first-order valence-electron chi connectivity index (χ1n) is 7.52. The first-order valence-corrected chi connectivity index (χ1v) is 8.69. The van der Waals surface area contributed by atoms with Crippen LogP contribution in [0.25, 0.3) is 11.6 Å². The van der Waals surface area contributed by atoms with Crippen LogP contribution < -0.4 is 4.74 Å². The van der Waals surface area contributed by atoms with Crippen molar-refractivity contribution in [1.82, 2.24) is 0 Å². The van der Waals surface area contributed by atoms with Crippen molar-refractivity contribution in [2.24, 2.45) is 5.92 Å². The number of carbonyl (C=O) groups is 1. The largest absolute Gasteiger partial charge is 0.496 e. The van der Waals surface area contributed by atoms with Crippen LogP contribution >= 0.6 is 27.5 Å². The molecule has 3 rings (SSSR count). The van der Waals surface area contributed by atoms with Gasteiger partial charge in [-0.05, 0) is 74.8 Å². The molecule has 124 valence electrons. The zero-order valence-corrected chi connectivity index (χ0v) is 15.6. The van der Waals surface area contributed by atoms with Crippen LogP contribution in [-0.2, 0) is 6.42 Å². The van der Waals surface area contributed by atoms with E-state index in [1.54, 1.807) is 6.07 Å². The summed E-state index contributed by atoms with van der Waals surface area (Å²) in [4.78, 5) is 11.4. The Morgan fingerprint density at radius 3 is 2.83 bits per heavy atom. The average Bonchev–Trinajstić information content (AvgIpc) is 2.85. The van der Waals surface area contributed by atoms with E-state index in [0.717, 1.165) is 33.2 Å². The van der Waals surface area contributed by atoms with Crippen LogP contribution in [0.2, 0.25) is 5.02 Å². The summed E-state index contributed by atoms with van der Waals surface area (Å²) >= 11 is 9.82. The number of aromatic carboxylic acids is 1. The zero-order chi connectivity index (χ0) is 17.4. The first kappa shape index (κ1) is 17.1. The summed E-state index contributed by atoms with van der Waals surface area (Å²) in [6.45, 7) is 2.13. The molecule has 24 heavy (non-hydrogen) atoms. The molecule has 0 spiro atoms. The fourth-order valence-electron chi connectivity index (χ4n) is 3.12. The molecule has 1 aliphatic rings. The number of carboxylic acid groups (broad SMARTS) is 1. The number of rotatable bonds is 3. The first-order chi connectivity index (χ1) is 11.4. The molecule has 0 heterocycles. The Morgan fingerprint density at radius 2 is 2.17 bits per heavy atom. The van der Waals surface area contributed by atoms with Crippen LogP contribution in [0.15, 0.2) is 34.8 Å².